The van der Waals surface area contributed by atoms with Gasteiger partial charge in [-0.1, -0.05) is 0 Å². The normalized spacial score (nSPS) is 11.1. The molecule has 0 aliphatic heterocycles. The molecule has 15 heavy (non-hydrogen) atoms. The van der Waals surface area contributed by atoms with E-state index in [0.717, 1.165) is 0 Å². The molecule has 0 aliphatic carbocycles. The van der Waals surface area contributed by atoms with Gasteiger partial charge in [-0.15, -0.1) is 0 Å². The van der Waals surface area contributed by atoms with Crippen molar-refractivity contribution in [1.29, 1.82) is 0 Å². The molecule has 0 fully saturated rings. The van der Waals surface area contributed by atoms with E-state index in [1.54, 1.807) is 12.4 Å². The van der Waals surface area contributed by atoms with Crippen LogP contribution in [0, 0.1) is 0 Å². The molecule has 1 heterocycles. The van der Waals surface area contributed by atoms with Crippen LogP contribution in [0.1, 0.15) is 20.3 Å². The zero-order valence-corrected chi connectivity index (χ0v) is 9.24. The number of aromatic nitrogens is 2. The van der Waals surface area contributed by atoms with E-state index in [-0.39, 0.29) is 11.4 Å². The van der Waals surface area contributed by atoms with Crippen molar-refractivity contribution in [2.45, 2.75) is 25.8 Å². The average Bonchev–Trinajstić information content (AvgIpc) is 2.18. The number of amides is 1. The van der Waals surface area contributed by atoms with Crippen molar-refractivity contribution in [2.75, 3.05) is 12.4 Å². The summed E-state index contributed by atoms with van der Waals surface area (Å²) in [4.78, 5) is 19.2. The second kappa shape index (κ2) is 4.84. The van der Waals surface area contributed by atoms with Crippen LogP contribution >= 0.6 is 0 Å². The van der Waals surface area contributed by atoms with E-state index in [1.165, 1.54) is 6.33 Å². The average molecular weight is 208 g/mol. The summed E-state index contributed by atoms with van der Waals surface area (Å²) in [6.07, 6.45) is 4.96. The molecule has 5 heteroatoms. The smallest absolute Gasteiger partial charge is 0.226 e. The SMILES string of the molecule is CNC(C)(C)CC(=O)Nc1cncnc1. The van der Waals surface area contributed by atoms with E-state index in [0.29, 0.717) is 12.1 Å². The largest absolute Gasteiger partial charge is 0.323 e. The van der Waals surface area contributed by atoms with Gasteiger partial charge in [0.2, 0.25) is 5.91 Å². The maximum Gasteiger partial charge on any atom is 0.226 e. The summed E-state index contributed by atoms with van der Waals surface area (Å²) in [6.45, 7) is 3.93. The summed E-state index contributed by atoms with van der Waals surface area (Å²) >= 11 is 0. The Morgan fingerprint density at radius 2 is 2.00 bits per heavy atom. The lowest BCUT2D eigenvalue weighted by molar-refractivity contribution is -0.117. The third-order valence-corrected chi connectivity index (χ3v) is 2.12. The van der Waals surface area contributed by atoms with Crippen LogP contribution in [0.2, 0.25) is 0 Å². The third kappa shape index (κ3) is 4.03. The third-order valence-electron chi connectivity index (χ3n) is 2.12. The summed E-state index contributed by atoms with van der Waals surface area (Å²) in [5.74, 6) is -0.0517. The molecule has 0 atom stereocenters. The molecule has 1 aromatic rings. The first-order valence-corrected chi connectivity index (χ1v) is 4.77. The van der Waals surface area contributed by atoms with Gasteiger partial charge in [-0.3, -0.25) is 4.79 Å². The van der Waals surface area contributed by atoms with Crippen LogP contribution in [0.15, 0.2) is 18.7 Å². The van der Waals surface area contributed by atoms with E-state index in [9.17, 15) is 4.79 Å². The number of hydrogen-bond donors (Lipinski definition) is 2. The van der Waals surface area contributed by atoms with Crippen molar-refractivity contribution in [2.24, 2.45) is 0 Å². The molecule has 0 aliphatic rings. The van der Waals surface area contributed by atoms with Crippen LogP contribution in [0.5, 0.6) is 0 Å². The Labute approximate surface area is 89.3 Å². The van der Waals surface area contributed by atoms with Gasteiger partial charge in [0.1, 0.15) is 6.33 Å². The van der Waals surface area contributed by atoms with Crippen LogP contribution in [-0.4, -0.2) is 28.5 Å². The van der Waals surface area contributed by atoms with Gasteiger partial charge in [-0.2, -0.15) is 0 Å². The second-order valence-corrected chi connectivity index (χ2v) is 3.99. The van der Waals surface area contributed by atoms with Crippen molar-refractivity contribution in [3.05, 3.63) is 18.7 Å². The standard InChI is InChI=1S/C10H16N4O/c1-10(2,11-3)4-9(15)14-8-5-12-7-13-6-8/h5-7,11H,4H2,1-3H3,(H,14,15). The lowest BCUT2D eigenvalue weighted by Crippen LogP contribution is -2.39. The number of hydrogen-bond acceptors (Lipinski definition) is 4. The summed E-state index contributed by atoms with van der Waals surface area (Å²) in [5.41, 5.74) is 0.411. The van der Waals surface area contributed by atoms with Crippen molar-refractivity contribution in [1.82, 2.24) is 15.3 Å². The predicted molar refractivity (Wildman–Crippen MR) is 58.4 cm³/mol. The van der Waals surface area contributed by atoms with E-state index in [2.05, 4.69) is 20.6 Å². The zero-order valence-electron chi connectivity index (χ0n) is 9.24. The van der Waals surface area contributed by atoms with Gasteiger partial charge < -0.3 is 10.6 Å². The van der Waals surface area contributed by atoms with Crippen molar-refractivity contribution in [3.8, 4) is 0 Å². The first-order chi connectivity index (χ1) is 7.03. The molecule has 1 rings (SSSR count). The minimum absolute atomic E-state index is 0.0517. The van der Waals surface area contributed by atoms with E-state index in [1.807, 2.05) is 20.9 Å². The molecule has 1 amide bonds. The van der Waals surface area contributed by atoms with Gasteiger partial charge in [0.05, 0.1) is 18.1 Å². The molecule has 1 aromatic heterocycles. The number of carbonyl (C=O) groups excluding carboxylic acids is 1. The summed E-state index contributed by atoms with van der Waals surface area (Å²) in [7, 11) is 1.83. The van der Waals surface area contributed by atoms with Crippen molar-refractivity contribution in [3.63, 3.8) is 0 Å². The Kier molecular flexibility index (Phi) is 3.74. The van der Waals surface area contributed by atoms with E-state index in [4.69, 9.17) is 0 Å². The molecule has 0 aromatic carbocycles. The second-order valence-electron chi connectivity index (χ2n) is 3.99. The van der Waals surface area contributed by atoms with E-state index >= 15 is 0 Å². The molecular formula is C10H16N4O. The van der Waals surface area contributed by atoms with Crippen LogP contribution in [-0.2, 0) is 4.79 Å². The number of anilines is 1. The number of carbonyl (C=O) groups is 1. The number of rotatable bonds is 4. The highest BCUT2D eigenvalue weighted by atomic mass is 16.1. The highest BCUT2D eigenvalue weighted by Gasteiger charge is 2.19. The highest BCUT2D eigenvalue weighted by Crippen LogP contribution is 2.09. The van der Waals surface area contributed by atoms with Gasteiger partial charge in [-0.05, 0) is 20.9 Å². The molecule has 0 bridgehead atoms. The molecule has 0 unspecified atom stereocenters. The maximum atomic E-state index is 11.6. The topological polar surface area (TPSA) is 66.9 Å². The van der Waals surface area contributed by atoms with Gasteiger partial charge in [0, 0.05) is 12.0 Å². The minimum Gasteiger partial charge on any atom is -0.323 e. The Bertz CT molecular complexity index is 323. The summed E-state index contributed by atoms with van der Waals surface area (Å²) in [5, 5.41) is 5.79. The van der Waals surface area contributed by atoms with Gasteiger partial charge in [-0.25, -0.2) is 9.97 Å². The Morgan fingerprint density at radius 3 is 2.53 bits per heavy atom. The molecule has 82 valence electrons. The first-order valence-electron chi connectivity index (χ1n) is 4.77. The minimum atomic E-state index is -0.209. The number of nitrogens with zero attached hydrogens (tertiary/aromatic N) is 2. The van der Waals surface area contributed by atoms with Crippen LogP contribution < -0.4 is 10.6 Å². The maximum absolute atomic E-state index is 11.6. The molecule has 5 nitrogen and oxygen atoms in total. The number of nitrogens with one attached hydrogen (secondary N) is 2. The molecule has 0 radical (unpaired) electrons. The summed E-state index contributed by atoms with van der Waals surface area (Å²) in [6, 6.07) is 0. The fourth-order valence-corrected chi connectivity index (χ4v) is 1.06. The first kappa shape index (κ1) is 11.6. The van der Waals surface area contributed by atoms with Crippen LogP contribution in [0.3, 0.4) is 0 Å². The Hall–Kier alpha value is -1.49. The predicted octanol–water partition coefficient (Wildman–Crippen LogP) is 0.803. The fraction of sp³-hybridized carbons (Fsp3) is 0.500. The Balaban J connectivity index is 2.51. The quantitative estimate of drug-likeness (QED) is 0.768. The van der Waals surface area contributed by atoms with Crippen molar-refractivity contribution < 1.29 is 4.79 Å². The van der Waals surface area contributed by atoms with Crippen molar-refractivity contribution >= 4 is 11.6 Å². The fourth-order valence-electron chi connectivity index (χ4n) is 1.06. The van der Waals surface area contributed by atoms with Gasteiger partial charge >= 0.3 is 0 Å². The lowest BCUT2D eigenvalue weighted by Gasteiger charge is -2.22. The molecule has 0 spiro atoms. The highest BCUT2D eigenvalue weighted by molar-refractivity contribution is 5.91. The van der Waals surface area contributed by atoms with Gasteiger partial charge in [0.15, 0.2) is 0 Å². The summed E-state index contributed by atoms with van der Waals surface area (Å²) < 4.78 is 0. The van der Waals surface area contributed by atoms with Crippen LogP contribution in [0.25, 0.3) is 0 Å². The molecular weight excluding hydrogens is 192 g/mol. The van der Waals surface area contributed by atoms with E-state index < -0.39 is 0 Å². The van der Waals surface area contributed by atoms with Gasteiger partial charge in [0.25, 0.3) is 0 Å². The molecule has 0 saturated heterocycles. The molecule has 2 N–H and O–H groups in total. The molecule has 0 saturated carbocycles. The lowest BCUT2D eigenvalue weighted by atomic mass is 10.0. The monoisotopic (exact) mass is 208 g/mol. The zero-order chi connectivity index (χ0) is 11.3. The van der Waals surface area contributed by atoms with Crippen LogP contribution in [0.4, 0.5) is 5.69 Å². The Morgan fingerprint density at radius 1 is 1.40 bits per heavy atom.